The van der Waals surface area contributed by atoms with E-state index in [9.17, 15) is 18.9 Å². The van der Waals surface area contributed by atoms with E-state index in [-0.39, 0.29) is 0 Å². The van der Waals surface area contributed by atoms with Crippen molar-refractivity contribution in [1.82, 2.24) is 4.98 Å². The van der Waals surface area contributed by atoms with E-state index in [0.29, 0.717) is 6.20 Å². The van der Waals surface area contributed by atoms with E-state index in [1.807, 2.05) is 0 Å². The number of hydrogen-bond donors (Lipinski definition) is 1. The number of rotatable bonds is 3. The molecule has 1 heterocycles. The Morgan fingerprint density at radius 2 is 2.31 bits per heavy atom. The van der Waals surface area contributed by atoms with Gasteiger partial charge in [0.2, 0.25) is 0 Å². The molecule has 0 saturated heterocycles. The lowest BCUT2D eigenvalue weighted by Gasteiger charge is -2.06. The molecule has 6 nitrogen and oxygen atoms in total. The first kappa shape index (κ1) is 11.8. The van der Waals surface area contributed by atoms with Gasteiger partial charge in [0, 0.05) is 0 Å². The zero-order valence-electron chi connectivity index (χ0n) is 7.72. The maximum absolute atomic E-state index is 12.5. The van der Waals surface area contributed by atoms with Crippen molar-refractivity contribution in [3.05, 3.63) is 27.4 Å². The molecule has 0 aromatic carbocycles. The molecular weight excluding hydrogens is 224 g/mol. The fourth-order valence-corrected chi connectivity index (χ4v) is 1.20. The maximum atomic E-state index is 12.5. The van der Waals surface area contributed by atoms with Crippen molar-refractivity contribution < 1.29 is 18.8 Å². The molecule has 0 saturated carbocycles. The summed E-state index contributed by atoms with van der Waals surface area (Å²) in [6, 6.07) is 1.51. The van der Waals surface area contributed by atoms with Crippen LogP contribution < -0.4 is 0 Å². The Labute approximate surface area is 87.9 Å². The van der Waals surface area contributed by atoms with Crippen LogP contribution in [-0.4, -0.2) is 15.0 Å². The molecule has 0 aliphatic carbocycles. The summed E-state index contributed by atoms with van der Waals surface area (Å²) >= 11 is 0. The van der Waals surface area contributed by atoms with Gasteiger partial charge in [0.15, 0.2) is 11.9 Å². The number of nitro groups is 1. The molecule has 0 aliphatic rings. The van der Waals surface area contributed by atoms with E-state index >= 15 is 0 Å². The van der Waals surface area contributed by atoms with Crippen LogP contribution in [0.5, 0.6) is 5.75 Å². The van der Waals surface area contributed by atoms with E-state index < -0.39 is 40.5 Å². The number of pyridine rings is 1. The third kappa shape index (κ3) is 2.03. The summed E-state index contributed by atoms with van der Waals surface area (Å²) < 4.78 is 25.1. The van der Waals surface area contributed by atoms with Crippen LogP contribution >= 0.6 is 0 Å². The SMILES string of the molecule is N#CCc1c([N+](=O)[O-])ncc(O)c1C(F)F. The molecule has 84 valence electrons. The predicted octanol–water partition coefficient (Wildman–Crippen LogP) is 1.70. The van der Waals surface area contributed by atoms with E-state index in [4.69, 9.17) is 10.4 Å². The second-order valence-electron chi connectivity index (χ2n) is 2.75. The first-order valence-corrected chi connectivity index (χ1v) is 3.99. The van der Waals surface area contributed by atoms with Gasteiger partial charge in [-0.1, -0.05) is 0 Å². The van der Waals surface area contributed by atoms with E-state index in [1.165, 1.54) is 6.07 Å². The molecule has 0 atom stereocenters. The van der Waals surface area contributed by atoms with Crippen LogP contribution in [0.25, 0.3) is 0 Å². The van der Waals surface area contributed by atoms with Gasteiger partial charge in [-0.2, -0.15) is 5.26 Å². The summed E-state index contributed by atoms with van der Waals surface area (Å²) in [5, 5.41) is 28.0. The minimum atomic E-state index is -3.11. The number of aromatic hydroxyl groups is 1. The minimum absolute atomic E-state index is 0.553. The number of halogens is 2. The summed E-state index contributed by atoms with van der Waals surface area (Å²) in [4.78, 5) is 12.7. The Morgan fingerprint density at radius 1 is 1.69 bits per heavy atom. The van der Waals surface area contributed by atoms with Gasteiger partial charge in [0.1, 0.15) is 0 Å². The van der Waals surface area contributed by atoms with Crippen LogP contribution in [0.1, 0.15) is 17.6 Å². The number of nitrogens with zero attached hydrogens (tertiary/aromatic N) is 3. The normalized spacial score (nSPS) is 10.1. The van der Waals surface area contributed by atoms with Gasteiger partial charge in [-0.3, -0.25) is 0 Å². The van der Waals surface area contributed by atoms with Gasteiger partial charge in [-0.05, 0) is 9.91 Å². The highest BCUT2D eigenvalue weighted by Crippen LogP contribution is 2.35. The van der Waals surface area contributed by atoms with Crippen LogP contribution in [0.2, 0.25) is 0 Å². The highest BCUT2D eigenvalue weighted by molar-refractivity contribution is 5.48. The molecule has 0 spiro atoms. The lowest BCUT2D eigenvalue weighted by Crippen LogP contribution is -2.03. The Hall–Kier alpha value is -2.30. The average Bonchev–Trinajstić information content (AvgIpc) is 2.17. The zero-order chi connectivity index (χ0) is 12.3. The lowest BCUT2D eigenvalue weighted by atomic mass is 10.1. The average molecular weight is 229 g/mol. The second kappa shape index (κ2) is 4.48. The fraction of sp³-hybridized carbons (Fsp3) is 0.250. The second-order valence-corrected chi connectivity index (χ2v) is 2.75. The predicted molar refractivity (Wildman–Crippen MR) is 46.8 cm³/mol. The van der Waals surface area contributed by atoms with E-state index in [1.54, 1.807) is 0 Å². The molecule has 1 N–H and O–H groups in total. The molecule has 0 bridgehead atoms. The van der Waals surface area contributed by atoms with E-state index in [0.717, 1.165) is 0 Å². The molecule has 16 heavy (non-hydrogen) atoms. The standard InChI is InChI=1S/C8H5F2N3O3/c9-7(10)6-4(1-2-11)8(13(15)16)12-3-5(6)14/h3,7,14H,1H2. The smallest absolute Gasteiger partial charge is 0.368 e. The molecule has 0 fully saturated rings. The first-order chi connectivity index (χ1) is 7.49. The Bertz CT molecular complexity index is 470. The van der Waals surface area contributed by atoms with Crippen LogP contribution in [0, 0.1) is 21.4 Å². The van der Waals surface area contributed by atoms with Crippen molar-refractivity contribution in [2.24, 2.45) is 0 Å². The summed E-state index contributed by atoms with van der Waals surface area (Å²) in [6.07, 6.45) is -3.15. The topological polar surface area (TPSA) is 100 Å². The molecule has 8 heteroatoms. The molecule has 1 aromatic rings. The minimum Gasteiger partial charge on any atom is -0.504 e. The molecule has 0 radical (unpaired) electrons. The first-order valence-electron chi connectivity index (χ1n) is 3.99. The number of hydrogen-bond acceptors (Lipinski definition) is 5. The third-order valence-corrected chi connectivity index (χ3v) is 1.83. The monoisotopic (exact) mass is 229 g/mol. The molecule has 1 aromatic heterocycles. The summed E-state index contributed by atoms with van der Waals surface area (Å²) in [7, 11) is 0. The highest BCUT2D eigenvalue weighted by atomic mass is 19.3. The summed E-state index contributed by atoms with van der Waals surface area (Å²) in [6.45, 7) is 0. The number of alkyl halides is 2. The van der Waals surface area contributed by atoms with Crippen LogP contribution in [-0.2, 0) is 6.42 Å². The highest BCUT2D eigenvalue weighted by Gasteiger charge is 2.27. The molecular formula is C8H5F2N3O3. The fourth-order valence-electron chi connectivity index (χ4n) is 1.20. The van der Waals surface area contributed by atoms with Crippen molar-refractivity contribution in [3.63, 3.8) is 0 Å². The molecule has 1 rings (SSSR count). The Balaban J connectivity index is 3.50. The van der Waals surface area contributed by atoms with Gasteiger partial charge >= 0.3 is 5.82 Å². The quantitative estimate of drug-likeness (QED) is 0.627. The largest absolute Gasteiger partial charge is 0.504 e. The lowest BCUT2D eigenvalue weighted by molar-refractivity contribution is -0.390. The molecule has 0 aliphatic heterocycles. The van der Waals surface area contributed by atoms with Crippen LogP contribution in [0.4, 0.5) is 14.6 Å². The molecule has 0 amide bonds. The van der Waals surface area contributed by atoms with Crippen LogP contribution in [0.15, 0.2) is 6.20 Å². The Morgan fingerprint density at radius 3 is 2.75 bits per heavy atom. The van der Waals surface area contributed by atoms with Crippen molar-refractivity contribution >= 4 is 5.82 Å². The summed E-state index contributed by atoms with van der Waals surface area (Å²) in [5.74, 6) is -1.69. The van der Waals surface area contributed by atoms with Crippen molar-refractivity contribution in [2.45, 2.75) is 12.8 Å². The third-order valence-electron chi connectivity index (χ3n) is 1.83. The number of aromatic nitrogens is 1. The van der Waals surface area contributed by atoms with Gasteiger partial charge < -0.3 is 15.2 Å². The Kier molecular flexibility index (Phi) is 3.30. The van der Waals surface area contributed by atoms with Gasteiger partial charge in [-0.15, -0.1) is 0 Å². The van der Waals surface area contributed by atoms with Crippen molar-refractivity contribution in [3.8, 4) is 11.8 Å². The van der Waals surface area contributed by atoms with E-state index in [2.05, 4.69) is 4.98 Å². The van der Waals surface area contributed by atoms with Crippen LogP contribution in [0.3, 0.4) is 0 Å². The summed E-state index contributed by atoms with van der Waals surface area (Å²) in [5.41, 5.74) is -1.47. The number of nitriles is 1. The van der Waals surface area contributed by atoms with Gasteiger partial charge in [0.25, 0.3) is 6.43 Å². The maximum Gasteiger partial charge on any atom is 0.368 e. The molecule has 0 unspecified atom stereocenters. The van der Waals surface area contributed by atoms with Crippen molar-refractivity contribution in [2.75, 3.05) is 0 Å². The van der Waals surface area contributed by atoms with Gasteiger partial charge in [-0.25, -0.2) is 8.78 Å². The zero-order valence-corrected chi connectivity index (χ0v) is 7.72. The van der Waals surface area contributed by atoms with Crippen molar-refractivity contribution in [1.29, 1.82) is 5.26 Å². The van der Waals surface area contributed by atoms with Gasteiger partial charge in [0.05, 0.1) is 23.6 Å².